The number of hydrogen-bond acceptors (Lipinski definition) is 4. The van der Waals surface area contributed by atoms with Gasteiger partial charge in [0, 0.05) is 44.0 Å². The number of methoxy groups -OCH3 is 1. The van der Waals surface area contributed by atoms with Crippen LogP contribution in [0.1, 0.15) is 37.1 Å². The van der Waals surface area contributed by atoms with Gasteiger partial charge >= 0.3 is 0 Å². The van der Waals surface area contributed by atoms with E-state index < -0.39 is 0 Å². The minimum atomic E-state index is 0.274. The molecule has 3 aliphatic rings. The third-order valence-corrected chi connectivity index (χ3v) is 7.08. The van der Waals surface area contributed by atoms with E-state index in [1.54, 1.807) is 7.11 Å². The van der Waals surface area contributed by atoms with Crippen LogP contribution in [0, 0.1) is 11.8 Å². The Morgan fingerprint density at radius 2 is 2.17 bits per heavy atom. The smallest absolute Gasteiger partial charge is 0.223 e. The average Bonchev–Trinajstić information content (AvgIpc) is 3.24. The fourth-order valence-electron chi connectivity index (χ4n) is 5.90. The van der Waals surface area contributed by atoms with Crippen LogP contribution in [-0.4, -0.2) is 58.0 Å². The van der Waals surface area contributed by atoms with Gasteiger partial charge in [0.05, 0.1) is 13.7 Å². The van der Waals surface area contributed by atoms with E-state index in [4.69, 9.17) is 4.74 Å². The van der Waals surface area contributed by atoms with E-state index in [1.807, 2.05) is 18.5 Å². The number of carbonyl (C=O) groups is 1. The molecule has 1 N–H and O–H groups in total. The maximum absolute atomic E-state index is 13.0. The van der Waals surface area contributed by atoms with Crippen molar-refractivity contribution in [1.82, 2.24) is 19.8 Å². The van der Waals surface area contributed by atoms with Crippen molar-refractivity contribution in [3.8, 4) is 5.75 Å². The quantitative estimate of drug-likeness (QED) is 0.847. The Labute approximate surface area is 172 Å². The number of H-pyrrole nitrogens is 1. The molecule has 6 heteroatoms. The summed E-state index contributed by atoms with van der Waals surface area (Å²) in [6.45, 7) is 2.96. The van der Waals surface area contributed by atoms with Crippen LogP contribution in [0.5, 0.6) is 5.75 Å². The normalized spacial score (nSPS) is 29.6. The average molecular weight is 395 g/mol. The Hall–Kier alpha value is -2.34. The maximum atomic E-state index is 13.0. The van der Waals surface area contributed by atoms with Crippen molar-refractivity contribution < 1.29 is 9.53 Å². The number of benzene rings is 1. The summed E-state index contributed by atoms with van der Waals surface area (Å²) >= 11 is 0. The van der Waals surface area contributed by atoms with E-state index in [0.29, 0.717) is 30.2 Å². The summed E-state index contributed by atoms with van der Waals surface area (Å²) < 4.78 is 5.43. The first-order chi connectivity index (χ1) is 14.2. The van der Waals surface area contributed by atoms with Crippen LogP contribution >= 0.6 is 0 Å². The van der Waals surface area contributed by atoms with Crippen LogP contribution in [0.25, 0.3) is 0 Å². The van der Waals surface area contributed by atoms with Gasteiger partial charge in [-0.3, -0.25) is 9.69 Å². The van der Waals surface area contributed by atoms with Crippen LogP contribution in [0.2, 0.25) is 0 Å². The van der Waals surface area contributed by atoms with Gasteiger partial charge in [0.1, 0.15) is 11.6 Å². The zero-order chi connectivity index (χ0) is 19.8. The zero-order valence-electron chi connectivity index (χ0n) is 17.1. The molecular formula is C23H30N4O2. The molecule has 0 saturated carbocycles. The summed E-state index contributed by atoms with van der Waals surface area (Å²) in [6.07, 6.45) is 8.75. The summed E-state index contributed by atoms with van der Waals surface area (Å²) in [7, 11) is 1.71. The third kappa shape index (κ3) is 3.66. The Morgan fingerprint density at radius 3 is 3.00 bits per heavy atom. The minimum Gasteiger partial charge on any atom is -0.497 e. The van der Waals surface area contributed by atoms with Crippen LogP contribution in [0.4, 0.5) is 0 Å². The number of amides is 1. The van der Waals surface area contributed by atoms with Crippen LogP contribution in [0.15, 0.2) is 36.7 Å². The number of aromatic nitrogens is 2. The Balaban J connectivity index is 1.41. The lowest BCUT2D eigenvalue weighted by atomic mass is 9.71. The van der Waals surface area contributed by atoms with Gasteiger partial charge in [-0.05, 0) is 55.2 Å². The van der Waals surface area contributed by atoms with Crippen molar-refractivity contribution in [2.75, 3.05) is 20.2 Å². The monoisotopic (exact) mass is 394 g/mol. The van der Waals surface area contributed by atoms with Gasteiger partial charge in [0.2, 0.25) is 5.91 Å². The zero-order valence-corrected chi connectivity index (χ0v) is 17.1. The number of nitrogens with zero attached hydrogens (tertiary/aromatic N) is 3. The Bertz CT molecular complexity index is 852. The summed E-state index contributed by atoms with van der Waals surface area (Å²) in [5.74, 6) is 3.37. The predicted molar refractivity (Wildman–Crippen MR) is 110 cm³/mol. The molecule has 1 aromatic carbocycles. The molecule has 0 unspecified atom stereocenters. The van der Waals surface area contributed by atoms with Crippen LogP contribution in [0.3, 0.4) is 0 Å². The van der Waals surface area contributed by atoms with Gasteiger partial charge in [-0.25, -0.2) is 4.98 Å². The number of hydrogen-bond donors (Lipinski definition) is 1. The van der Waals surface area contributed by atoms with Crippen molar-refractivity contribution in [1.29, 1.82) is 0 Å². The molecule has 0 radical (unpaired) electrons. The van der Waals surface area contributed by atoms with Crippen LogP contribution < -0.4 is 4.74 Å². The fraction of sp³-hybridized carbons (Fsp3) is 0.565. The summed E-state index contributed by atoms with van der Waals surface area (Å²) in [4.78, 5) is 25.5. The van der Waals surface area contributed by atoms with E-state index in [-0.39, 0.29) is 6.04 Å². The first-order valence-electron chi connectivity index (χ1n) is 10.9. The molecule has 3 fully saturated rings. The van der Waals surface area contributed by atoms with Crippen LogP contribution in [-0.2, 0) is 17.8 Å². The molecule has 3 saturated heterocycles. The molecule has 0 spiro atoms. The van der Waals surface area contributed by atoms with E-state index in [2.05, 4.69) is 38.0 Å². The molecule has 154 valence electrons. The van der Waals surface area contributed by atoms with E-state index in [0.717, 1.165) is 50.5 Å². The second-order valence-electron chi connectivity index (χ2n) is 8.87. The molecule has 0 aliphatic carbocycles. The molecule has 5 rings (SSSR count). The molecule has 3 aliphatic heterocycles. The number of aromatic amines is 1. The number of likely N-dealkylation sites (tertiary alicyclic amines) is 1. The minimum absolute atomic E-state index is 0.274. The molecule has 1 aromatic heterocycles. The Morgan fingerprint density at radius 1 is 1.28 bits per heavy atom. The van der Waals surface area contributed by atoms with E-state index in [1.165, 1.54) is 12.0 Å². The highest BCUT2D eigenvalue weighted by molar-refractivity contribution is 5.78. The highest BCUT2D eigenvalue weighted by Gasteiger charge is 2.49. The lowest BCUT2D eigenvalue weighted by Crippen LogP contribution is -2.65. The molecule has 2 aromatic rings. The summed E-state index contributed by atoms with van der Waals surface area (Å²) in [6, 6.07) is 9.00. The second-order valence-corrected chi connectivity index (χ2v) is 8.87. The number of piperidine rings is 3. The molecule has 2 bridgehead atoms. The van der Waals surface area contributed by atoms with E-state index >= 15 is 0 Å². The number of ether oxygens (including phenoxy) is 1. The molecular weight excluding hydrogens is 364 g/mol. The largest absolute Gasteiger partial charge is 0.497 e. The van der Waals surface area contributed by atoms with Crippen molar-refractivity contribution >= 4 is 5.91 Å². The highest BCUT2D eigenvalue weighted by atomic mass is 16.5. The first kappa shape index (κ1) is 18.7. The lowest BCUT2D eigenvalue weighted by molar-refractivity contribution is -0.152. The topological polar surface area (TPSA) is 61.5 Å². The number of carbonyl (C=O) groups excluding carboxylic acids is 1. The number of imidazole rings is 1. The second kappa shape index (κ2) is 7.82. The fourth-order valence-corrected chi connectivity index (χ4v) is 5.90. The standard InChI is InChI=1S/C23H30N4O2/c1-29-19-5-2-4-16(10-19)11-21-18-12-17(20-6-3-7-23(28)27(20)21)13-26(14-18)15-22-24-8-9-25-22/h2,4-5,8-10,17-18,20-21H,3,6-7,11-15H2,1H3,(H,24,25)/t17-,18+,20+,21+/m1/s1. The summed E-state index contributed by atoms with van der Waals surface area (Å²) in [5.41, 5.74) is 1.26. The van der Waals surface area contributed by atoms with E-state index in [9.17, 15) is 4.79 Å². The van der Waals surface area contributed by atoms with Gasteiger partial charge in [0.15, 0.2) is 0 Å². The number of rotatable bonds is 5. The summed E-state index contributed by atoms with van der Waals surface area (Å²) in [5, 5.41) is 0. The van der Waals surface area contributed by atoms with Crippen molar-refractivity contribution in [2.24, 2.45) is 11.8 Å². The van der Waals surface area contributed by atoms with Gasteiger partial charge in [-0.15, -0.1) is 0 Å². The first-order valence-corrected chi connectivity index (χ1v) is 10.9. The van der Waals surface area contributed by atoms with Crippen molar-refractivity contribution in [2.45, 2.75) is 50.7 Å². The van der Waals surface area contributed by atoms with Crippen molar-refractivity contribution in [3.05, 3.63) is 48.0 Å². The lowest BCUT2D eigenvalue weighted by Gasteiger charge is -2.56. The van der Waals surface area contributed by atoms with Crippen molar-refractivity contribution in [3.63, 3.8) is 0 Å². The molecule has 4 atom stereocenters. The van der Waals surface area contributed by atoms with Gasteiger partial charge in [-0.1, -0.05) is 12.1 Å². The predicted octanol–water partition coefficient (Wildman–Crippen LogP) is 2.86. The highest BCUT2D eigenvalue weighted by Crippen LogP contribution is 2.42. The van der Waals surface area contributed by atoms with Gasteiger partial charge < -0.3 is 14.6 Å². The van der Waals surface area contributed by atoms with Gasteiger partial charge in [-0.2, -0.15) is 0 Å². The molecule has 1 amide bonds. The van der Waals surface area contributed by atoms with Gasteiger partial charge in [0.25, 0.3) is 0 Å². The molecule has 29 heavy (non-hydrogen) atoms. The Kier molecular flexibility index (Phi) is 5.04. The molecule has 4 heterocycles. The SMILES string of the molecule is COc1cccc(C[C@H]2[C@H]3C[C@H](CN(Cc4ncc[nH]4)C3)[C@@H]3CCCC(=O)N32)c1. The maximum Gasteiger partial charge on any atom is 0.223 e. The third-order valence-electron chi connectivity index (χ3n) is 7.08. The number of nitrogens with one attached hydrogen (secondary N) is 1. The number of fused-ring (bicyclic) bond motifs is 4. The molecule has 6 nitrogen and oxygen atoms in total.